The molecule has 0 aromatic carbocycles. The van der Waals surface area contributed by atoms with Crippen molar-refractivity contribution < 1.29 is 14.7 Å². The molecule has 0 aromatic heterocycles. The zero-order valence-electron chi connectivity index (χ0n) is 9.49. The molecule has 4 heteroatoms. The molecule has 4 nitrogen and oxygen atoms in total. The maximum atomic E-state index is 11.9. The van der Waals surface area contributed by atoms with Gasteiger partial charge in [0.05, 0.1) is 12.1 Å². The number of carbonyl (C=O) groups is 2. The summed E-state index contributed by atoms with van der Waals surface area (Å²) in [5.41, 5.74) is 0.0427. The van der Waals surface area contributed by atoms with Gasteiger partial charge in [0.2, 0.25) is 0 Å². The van der Waals surface area contributed by atoms with Crippen molar-refractivity contribution >= 4 is 11.8 Å². The van der Waals surface area contributed by atoms with E-state index >= 15 is 0 Å². The summed E-state index contributed by atoms with van der Waals surface area (Å²) < 4.78 is 0. The molecule has 1 aliphatic heterocycles. The number of carbonyl (C=O) groups excluding carboxylic acids is 2. The third-order valence-electron chi connectivity index (χ3n) is 2.69. The fraction of sp³-hybridized carbons (Fsp3) is 0.500. The van der Waals surface area contributed by atoms with E-state index in [0.29, 0.717) is 17.6 Å². The largest absolute Gasteiger partial charge is 0.389 e. The Morgan fingerprint density at radius 3 is 2.62 bits per heavy atom. The first-order chi connectivity index (χ1) is 7.40. The third-order valence-corrected chi connectivity index (χ3v) is 2.69. The highest BCUT2D eigenvalue weighted by atomic mass is 16.3. The van der Waals surface area contributed by atoms with Crippen LogP contribution in [-0.2, 0) is 9.59 Å². The molecule has 0 atom stereocenters. The second-order valence-electron chi connectivity index (χ2n) is 4.84. The van der Waals surface area contributed by atoms with Crippen LogP contribution >= 0.6 is 0 Å². The monoisotopic (exact) mass is 221 g/mol. The van der Waals surface area contributed by atoms with Crippen molar-refractivity contribution in [2.45, 2.75) is 32.3 Å². The van der Waals surface area contributed by atoms with Crippen LogP contribution in [0.25, 0.3) is 0 Å². The van der Waals surface area contributed by atoms with Crippen molar-refractivity contribution in [3.63, 3.8) is 0 Å². The van der Waals surface area contributed by atoms with Crippen LogP contribution in [-0.4, -0.2) is 34.0 Å². The highest BCUT2D eigenvalue weighted by Gasteiger charge is 2.39. The lowest BCUT2D eigenvalue weighted by Crippen LogP contribution is -2.42. The van der Waals surface area contributed by atoms with Crippen LogP contribution in [0.2, 0.25) is 0 Å². The van der Waals surface area contributed by atoms with Gasteiger partial charge < -0.3 is 5.11 Å². The standard InChI is InChI=1S/C12H15NO3/c1-12(2,16)7-13-10(14)8-5-3-4-6-9(8)11(13)15/h3,5,16H,4,6-7H2,1-2H3. The van der Waals surface area contributed by atoms with E-state index in [4.69, 9.17) is 0 Å². The first-order valence-corrected chi connectivity index (χ1v) is 5.38. The average Bonchev–Trinajstić information content (AvgIpc) is 2.43. The van der Waals surface area contributed by atoms with Crippen LogP contribution < -0.4 is 0 Å². The van der Waals surface area contributed by atoms with E-state index in [1.807, 2.05) is 6.08 Å². The molecule has 0 unspecified atom stereocenters. The highest BCUT2D eigenvalue weighted by molar-refractivity contribution is 6.20. The third kappa shape index (κ3) is 1.80. The first-order valence-electron chi connectivity index (χ1n) is 5.38. The van der Waals surface area contributed by atoms with Crippen LogP contribution in [0.5, 0.6) is 0 Å². The highest BCUT2D eigenvalue weighted by Crippen LogP contribution is 2.29. The fourth-order valence-corrected chi connectivity index (χ4v) is 2.02. The van der Waals surface area contributed by atoms with Gasteiger partial charge in [-0.25, -0.2) is 0 Å². The zero-order valence-corrected chi connectivity index (χ0v) is 9.49. The molecule has 0 saturated carbocycles. The van der Waals surface area contributed by atoms with Gasteiger partial charge in [-0.3, -0.25) is 14.5 Å². The predicted molar refractivity (Wildman–Crippen MR) is 58.4 cm³/mol. The Morgan fingerprint density at radius 2 is 2.06 bits per heavy atom. The van der Waals surface area contributed by atoms with E-state index in [-0.39, 0.29) is 18.4 Å². The second-order valence-corrected chi connectivity index (χ2v) is 4.84. The summed E-state index contributed by atoms with van der Waals surface area (Å²) in [6.07, 6.45) is 5.04. The quantitative estimate of drug-likeness (QED) is 0.701. The smallest absolute Gasteiger partial charge is 0.261 e. The second kappa shape index (κ2) is 3.56. The molecule has 86 valence electrons. The Labute approximate surface area is 94.2 Å². The van der Waals surface area contributed by atoms with Crippen molar-refractivity contribution in [3.05, 3.63) is 23.3 Å². The first kappa shape index (κ1) is 11.1. The maximum absolute atomic E-state index is 11.9. The molecule has 2 rings (SSSR count). The van der Waals surface area contributed by atoms with Crippen molar-refractivity contribution in [2.75, 3.05) is 6.54 Å². The molecule has 0 radical (unpaired) electrons. The topological polar surface area (TPSA) is 57.6 Å². The van der Waals surface area contributed by atoms with Crippen molar-refractivity contribution in [3.8, 4) is 0 Å². The van der Waals surface area contributed by atoms with Crippen molar-refractivity contribution in [1.29, 1.82) is 0 Å². The van der Waals surface area contributed by atoms with Gasteiger partial charge in [-0.1, -0.05) is 12.2 Å². The molecular weight excluding hydrogens is 206 g/mol. The summed E-state index contributed by atoms with van der Waals surface area (Å²) in [6, 6.07) is 0. The summed E-state index contributed by atoms with van der Waals surface area (Å²) in [5, 5.41) is 9.66. The minimum Gasteiger partial charge on any atom is -0.389 e. The zero-order chi connectivity index (χ0) is 11.9. The molecule has 1 heterocycles. The van der Waals surface area contributed by atoms with E-state index in [0.717, 1.165) is 11.3 Å². The lowest BCUT2D eigenvalue weighted by Gasteiger charge is -2.24. The van der Waals surface area contributed by atoms with Gasteiger partial charge in [0.25, 0.3) is 11.8 Å². The van der Waals surface area contributed by atoms with E-state index < -0.39 is 5.60 Å². The van der Waals surface area contributed by atoms with E-state index in [1.165, 1.54) is 0 Å². The Hall–Kier alpha value is -1.42. The number of allylic oxidation sites excluding steroid dienone is 1. The van der Waals surface area contributed by atoms with Crippen LogP contribution in [0.3, 0.4) is 0 Å². The van der Waals surface area contributed by atoms with Gasteiger partial charge in [-0.05, 0) is 26.7 Å². The molecule has 0 bridgehead atoms. The minimum absolute atomic E-state index is 0.0471. The summed E-state index contributed by atoms with van der Waals surface area (Å²) in [4.78, 5) is 25.0. The number of aliphatic hydroxyl groups is 1. The molecule has 16 heavy (non-hydrogen) atoms. The Bertz CT molecular complexity index is 412. The number of hydrogen-bond donors (Lipinski definition) is 1. The Kier molecular flexibility index (Phi) is 2.46. The lowest BCUT2D eigenvalue weighted by molar-refractivity contribution is -0.140. The molecule has 0 aromatic rings. The lowest BCUT2D eigenvalue weighted by atomic mass is 10.00. The number of rotatable bonds is 2. The predicted octanol–water partition coefficient (Wildman–Crippen LogP) is 0.773. The van der Waals surface area contributed by atoms with E-state index in [9.17, 15) is 14.7 Å². The van der Waals surface area contributed by atoms with E-state index in [1.54, 1.807) is 19.9 Å². The van der Waals surface area contributed by atoms with Crippen LogP contribution in [0, 0.1) is 0 Å². The van der Waals surface area contributed by atoms with Gasteiger partial charge in [0.1, 0.15) is 0 Å². The van der Waals surface area contributed by atoms with E-state index in [2.05, 4.69) is 0 Å². The minimum atomic E-state index is -1.05. The normalized spacial score (nSPS) is 20.8. The van der Waals surface area contributed by atoms with Gasteiger partial charge in [-0.2, -0.15) is 0 Å². The number of β-amino-alcohol motifs (C(OH)–C–C–N with tert-alkyl or cyclic N) is 1. The summed E-state index contributed by atoms with van der Waals surface area (Å²) in [6.45, 7) is 3.22. The van der Waals surface area contributed by atoms with Crippen molar-refractivity contribution in [2.24, 2.45) is 0 Å². The summed E-state index contributed by atoms with van der Waals surface area (Å²) in [5.74, 6) is -0.524. The number of hydrogen-bond acceptors (Lipinski definition) is 3. The molecule has 1 aliphatic carbocycles. The Balaban J connectivity index is 2.26. The molecule has 2 aliphatic rings. The van der Waals surface area contributed by atoms with Crippen LogP contribution in [0.4, 0.5) is 0 Å². The van der Waals surface area contributed by atoms with Gasteiger partial charge in [0, 0.05) is 11.1 Å². The van der Waals surface area contributed by atoms with Crippen LogP contribution in [0.1, 0.15) is 26.7 Å². The van der Waals surface area contributed by atoms with Gasteiger partial charge in [0.15, 0.2) is 0 Å². The molecular formula is C12H15NO3. The maximum Gasteiger partial charge on any atom is 0.261 e. The number of imide groups is 1. The van der Waals surface area contributed by atoms with Gasteiger partial charge in [-0.15, -0.1) is 0 Å². The fourth-order valence-electron chi connectivity index (χ4n) is 2.02. The molecule has 0 saturated heterocycles. The van der Waals surface area contributed by atoms with Crippen LogP contribution in [0.15, 0.2) is 23.3 Å². The number of amides is 2. The summed E-state index contributed by atoms with van der Waals surface area (Å²) >= 11 is 0. The molecule has 2 amide bonds. The molecule has 0 fully saturated rings. The Morgan fingerprint density at radius 1 is 1.38 bits per heavy atom. The molecule has 0 spiro atoms. The molecule has 1 N–H and O–H groups in total. The van der Waals surface area contributed by atoms with Crippen molar-refractivity contribution in [1.82, 2.24) is 4.90 Å². The summed E-state index contributed by atoms with van der Waals surface area (Å²) in [7, 11) is 0. The SMILES string of the molecule is CC(C)(O)CN1C(=O)C2=C(CCC=C2)C1=O. The number of nitrogens with zero attached hydrogens (tertiary/aromatic N) is 1. The van der Waals surface area contributed by atoms with Gasteiger partial charge >= 0.3 is 0 Å². The average molecular weight is 221 g/mol.